The van der Waals surface area contributed by atoms with E-state index in [9.17, 15) is 4.79 Å². The average molecular weight is 207 g/mol. The second-order valence-corrected chi connectivity index (χ2v) is 2.35. The Morgan fingerprint density at radius 3 is 2.00 bits per heavy atom. The number of carbonyl (C=O) groups excluding carboxylic acids is 1. The van der Waals surface area contributed by atoms with Crippen LogP contribution in [0.25, 0.3) is 0 Å². The van der Waals surface area contributed by atoms with Crippen LogP contribution >= 0.6 is 0 Å². The molecule has 0 fully saturated rings. The van der Waals surface area contributed by atoms with Crippen molar-refractivity contribution in [2.75, 3.05) is 7.05 Å². The summed E-state index contributed by atoms with van der Waals surface area (Å²) in [5, 5.41) is 2.54. The summed E-state index contributed by atoms with van der Waals surface area (Å²) in [6.45, 7) is 9.25. The van der Waals surface area contributed by atoms with Gasteiger partial charge in [-0.3, -0.25) is 4.79 Å². The molecule has 0 aliphatic carbocycles. The van der Waals surface area contributed by atoms with Crippen LogP contribution in [0.1, 0.15) is 31.1 Å². The fourth-order valence-electron chi connectivity index (χ4n) is 0.734. The molecule has 1 rings (SSSR count). The smallest absolute Gasteiger partial charge is 0.251 e. The third kappa shape index (κ3) is 8.75. The van der Waals surface area contributed by atoms with E-state index in [4.69, 9.17) is 0 Å². The topological polar surface area (TPSA) is 29.1 Å². The number of carbonyl (C=O) groups is 1. The predicted molar refractivity (Wildman–Crippen MR) is 67.1 cm³/mol. The van der Waals surface area contributed by atoms with Crippen molar-refractivity contribution < 1.29 is 4.79 Å². The monoisotopic (exact) mass is 207 g/mol. The highest BCUT2D eigenvalue weighted by Crippen LogP contribution is 1.96. The Balaban J connectivity index is 0. The van der Waals surface area contributed by atoms with Crippen molar-refractivity contribution in [2.45, 2.75) is 20.8 Å². The number of hydrogen-bond donors (Lipinski definition) is 1. The van der Waals surface area contributed by atoms with Gasteiger partial charge in [0.15, 0.2) is 0 Å². The summed E-state index contributed by atoms with van der Waals surface area (Å²) < 4.78 is 0. The van der Waals surface area contributed by atoms with Crippen molar-refractivity contribution in [3.8, 4) is 0 Å². The summed E-state index contributed by atoms with van der Waals surface area (Å²) in [5.41, 5.74) is 0.699. The van der Waals surface area contributed by atoms with E-state index in [1.165, 1.54) is 0 Å². The lowest BCUT2D eigenvalue weighted by atomic mass is 10.2. The van der Waals surface area contributed by atoms with Gasteiger partial charge in [-0.15, -0.1) is 6.58 Å². The molecule has 0 heterocycles. The van der Waals surface area contributed by atoms with Gasteiger partial charge in [0.05, 0.1) is 0 Å². The van der Waals surface area contributed by atoms with Gasteiger partial charge in [-0.25, -0.2) is 0 Å². The molecule has 2 nitrogen and oxygen atoms in total. The Morgan fingerprint density at radius 1 is 1.27 bits per heavy atom. The number of nitrogens with one attached hydrogen (secondary N) is 1. The first kappa shape index (κ1) is 15.9. The second kappa shape index (κ2) is 12.4. The Labute approximate surface area is 93.0 Å². The molecular formula is C13H21NO. The van der Waals surface area contributed by atoms with E-state index < -0.39 is 0 Å². The Bertz CT molecular complexity index is 254. The van der Waals surface area contributed by atoms with Gasteiger partial charge in [-0.05, 0) is 19.1 Å². The highest BCUT2D eigenvalue weighted by Gasteiger charge is 1.97. The Morgan fingerprint density at radius 2 is 1.67 bits per heavy atom. The summed E-state index contributed by atoms with van der Waals surface area (Å²) in [7, 11) is 1.62. The molecule has 0 unspecified atom stereocenters. The van der Waals surface area contributed by atoms with E-state index in [1.54, 1.807) is 25.3 Å². The van der Waals surface area contributed by atoms with Crippen molar-refractivity contribution in [1.29, 1.82) is 0 Å². The largest absolute Gasteiger partial charge is 0.355 e. The van der Waals surface area contributed by atoms with Gasteiger partial charge in [0.25, 0.3) is 5.91 Å². The second-order valence-electron chi connectivity index (χ2n) is 2.35. The zero-order valence-electron chi connectivity index (χ0n) is 10.1. The molecule has 2 heteroatoms. The van der Waals surface area contributed by atoms with Gasteiger partial charge < -0.3 is 5.32 Å². The average Bonchev–Trinajstić information content (AvgIpc) is 2.33. The maximum atomic E-state index is 10.9. The van der Waals surface area contributed by atoms with Crippen molar-refractivity contribution in [3.05, 3.63) is 48.6 Å². The van der Waals surface area contributed by atoms with E-state index >= 15 is 0 Å². The molecule has 0 aliphatic heterocycles. The zero-order chi connectivity index (χ0) is 12.1. The van der Waals surface area contributed by atoms with E-state index in [2.05, 4.69) is 11.9 Å². The normalized spacial score (nSPS) is 7.20. The molecule has 1 aromatic rings. The van der Waals surface area contributed by atoms with E-state index in [0.29, 0.717) is 5.56 Å². The molecule has 0 saturated heterocycles. The van der Waals surface area contributed by atoms with Crippen LogP contribution in [0.3, 0.4) is 0 Å². The first-order valence-electron chi connectivity index (χ1n) is 5.10. The molecule has 84 valence electrons. The zero-order valence-corrected chi connectivity index (χ0v) is 10.1. The number of rotatable bonds is 1. The number of amides is 1. The molecule has 0 aliphatic rings. The minimum atomic E-state index is -0.0411. The van der Waals surface area contributed by atoms with Crippen LogP contribution in [0.4, 0.5) is 0 Å². The molecule has 0 radical (unpaired) electrons. The molecule has 1 amide bonds. The van der Waals surface area contributed by atoms with Gasteiger partial charge >= 0.3 is 0 Å². The summed E-state index contributed by atoms with van der Waals surface area (Å²) in [6, 6.07) is 9.11. The maximum absolute atomic E-state index is 10.9. The van der Waals surface area contributed by atoms with Crippen LogP contribution in [-0.4, -0.2) is 13.0 Å². The molecule has 0 atom stereocenters. The highest BCUT2D eigenvalue weighted by atomic mass is 16.1. The first-order valence-corrected chi connectivity index (χ1v) is 5.10. The molecular weight excluding hydrogens is 186 g/mol. The Hall–Kier alpha value is -1.57. The summed E-state index contributed by atoms with van der Waals surface area (Å²) >= 11 is 0. The third-order valence-corrected chi connectivity index (χ3v) is 1.26. The standard InChI is InChI=1S/C8H9NO.C3H6.C2H6/c1-9-8(10)7-5-3-2-4-6-7;1-3-2;1-2/h2-6H,1H3,(H,9,10);3H,1H2,2H3;1-2H3. The molecule has 15 heavy (non-hydrogen) atoms. The fraction of sp³-hybridized carbons (Fsp3) is 0.308. The van der Waals surface area contributed by atoms with Crippen LogP contribution < -0.4 is 5.32 Å². The maximum Gasteiger partial charge on any atom is 0.251 e. The van der Waals surface area contributed by atoms with E-state index in [0.717, 1.165) is 0 Å². The molecule has 0 saturated carbocycles. The fourth-order valence-corrected chi connectivity index (χ4v) is 0.734. The summed E-state index contributed by atoms with van der Waals surface area (Å²) in [5.74, 6) is -0.0411. The summed E-state index contributed by atoms with van der Waals surface area (Å²) in [4.78, 5) is 10.9. The lowest BCUT2D eigenvalue weighted by molar-refractivity contribution is 0.0963. The van der Waals surface area contributed by atoms with Crippen LogP contribution in [0.5, 0.6) is 0 Å². The minimum Gasteiger partial charge on any atom is -0.355 e. The number of benzene rings is 1. The van der Waals surface area contributed by atoms with E-state index in [1.807, 2.05) is 39.0 Å². The van der Waals surface area contributed by atoms with Gasteiger partial charge in [0, 0.05) is 12.6 Å². The molecule has 1 N–H and O–H groups in total. The Kier molecular flexibility index (Phi) is 13.2. The van der Waals surface area contributed by atoms with Crippen molar-refractivity contribution >= 4 is 5.91 Å². The van der Waals surface area contributed by atoms with E-state index in [-0.39, 0.29) is 5.91 Å². The van der Waals surface area contributed by atoms with Gasteiger partial charge in [-0.1, -0.05) is 38.1 Å². The summed E-state index contributed by atoms with van der Waals surface area (Å²) in [6.07, 6.45) is 1.75. The van der Waals surface area contributed by atoms with Crippen LogP contribution in [0.2, 0.25) is 0 Å². The molecule has 0 bridgehead atoms. The van der Waals surface area contributed by atoms with Crippen LogP contribution in [-0.2, 0) is 0 Å². The minimum absolute atomic E-state index is 0.0411. The van der Waals surface area contributed by atoms with Gasteiger partial charge in [0.1, 0.15) is 0 Å². The van der Waals surface area contributed by atoms with Gasteiger partial charge in [-0.2, -0.15) is 0 Å². The van der Waals surface area contributed by atoms with Crippen molar-refractivity contribution in [2.24, 2.45) is 0 Å². The SMILES string of the molecule is C=CC.CC.CNC(=O)c1ccccc1. The quantitative estimate of drug-likeness (QED) is 0.704. The lowest BCUT2D eigenvalue weighted by Crippen LogP contribution is -2.17. The number of hydrogen-bond acceptors (Lipinski definition) is 1. The van der Waals surface area contributed by atoms with Crippen LogP contribution in [0, 0.1) is 0 Å². The molecule has 0 spiro atoms. The predicted octanol–water partition coefficient (Wildman–Crippen LogP) is 3.26. The van der Waals surface area contributed by atoms with Gasteiger partial charge in [0.2, 0.25) is 0 Å². The highest BCUT2D eigenvalue weighted by molar-refractivity contribution is 5.93. The first-order chi connectivity index (χ1) is 7.26. The third-order valence-electron chi connectivity index (χ3n) is 1.26. The molecule has 1 aromatic carbocycles. The molecule has 0 aromatic heterocycles. The lowest BCUT2D eigenvalue weighted by Gasteiger charge is -1.96. The van der Waals surface area contributed by atoms with Crippen molar-refractivity contribution in [3.63, 3.8) is 0 Å². The van der Waals surface area contributed by atoms with Crippen LogP contribution in [0.15, 0.2) is 43.0 Å². The number of allylic oxidation sites excluding steroid dienone is 1. The van der Waals surface area contributed by atoms with Crippen molar-refractivity contribution in [1.82, 2.24) is 5.32 Å².